The highest BCUT2D eigenvalue weighted by atomic mass is 32.1. The van der Waals surface area contributed by atoms with E-state index in [0.29, 0.717) is 31.9 Å². The fraction of sp³-hybridized carbons (Fsp3) is 0.211. The molecule has 0 aliphatic carbocycles. The maximum absolute atomic E-state index is 12.5. The van der Waals surface area contributed by atoms with Crippen molar-refractivity contribution >= 4 is 28.2 Å². The largest absolute Gasteiger partial charge is 0.378 e. The average molecular weight is 366 g/mol. The first-order valence-electron chi connectivity index (χ1n) is 8.41. The van der Waals surface area contributed by atoms with Gasteiger partial charge >= 0.3 is 0 Å². The Morgan fingerprint density at radius 1 is 1.12 bits per heavy atom. The van der Waals surface area contributed by atoms with Crippen LogP contribution in [-0.2, 0) is 4.74 Å². The molecule has 1 N–H and O–H groups in total. The Kier molecular flexibility index (Phi) is 4.90. The molecule has 0 unspecified atom stereocenters. The molecular formula is C19H18N4O2S. The van der Waals surface area contributed by atoms with E-state index in [2.05, 4.69) is 15.3 Å². The van der Waals surface area contributed by atoms with Crippen molar-refractivity contribution in [2.75, 3.05) is 31.6 Å². The van der Waals surface area contributed by atoms with Crippen molar-refractivity contribution in [1.82, 2.24) is 14.9 Å². The maximum Gasteiger partial charge on any atom is 0.254 e. The molecule has 3 aromatic rings. The van der Waals surface area contributed by atoms with Crippen LogP contribution in [0.15, 0.2) is 54.0 Å². The van der Waals surface area contributed by atoms with E-state index in [1.807, 2.05) is 52.7 Å². The van der Waals surface area contributed by atoms with Crippen molar-refractivity contribution in [2.45, 2.75) is 0 Å². The van der Waals surface area contributed by atoms with Gasteiger partial charge in [-0.05, 0) is 24.3 Å². The van der Waals surface area contributed by atoms with Gasteiger partial charge in [0.25, 0.3) is 5.91 Å². The van der Waals surface area contributed by atoms with E-state index in [9.17, 15) is 4.79 Å². The Hall–Kier alpha value is -2.77. The molecule has 1 amide bonds. The van der Waals surface area contributed by atoms with Crippen LogP contribution < -0.4 is 5.32 Å². The van der Waals surface area contributed by atoms with Gasteiger partial charge in [-0.25, -0.2) is 9.97 Å². The number of hydrogen-bond donors (Lipinski definition) is 1. The molecule has 26 heavy (non-hydrogen) atoms. The molecular weight excluding hydrogens is 348 g/mol. The summed E-state index contributed by atoms with van der Waals surface area (Å²) < 4.78 is 5.30. The number of pyridine rings is 1. The van der Waals surface area contributed by atoms with Crippen molar-refractivity contribution < 1.29 is 9.53 Å². The van der Waals surface area contributed by atoms with Crippen molar-refractivity contribution in [1.29, 1.82) is 0 Å². The fourth-order valence-corrected chi connectivity index (χ4v) is 3.47. The number of nitrogens with one attached hydrogen (secondary N) is 1. The van der Waals surface area contributed by atoms with Crippen molar-refractivity contribution in [2.24, 2.45) is 0 Å². The topological polar surface area (TPSA) is 67.4 Å². The Morgan fingerprint density at radius 3 is 2.65 bits per heavy atom. The first-order valence-corrected chi connectivity index (χ1v) is 9.28. The number of anilines is 2. The number of rotatable bonds is 4. The van der Waals surface area contributed by atoms with Gasteiger partial charge < -0.3 is 15.0 Å². The zero-order valence-electron chi connectivity index (χ0n) is 14.1. The number of thiazole rings is 1. The lowest BCUT2D eigenvalue weighted by atomic mass is 10.1. The molecule has 1 aliphatic rings. The minimum Gasteiger partial charge on any atom is -0.378 e. The molecule has 0 spiro atoms. The molecule has 1 fully saturated rings. The number of hydrogen-bond acceptors (Lipinski definition) is 6. The number of amides is 1. The molecule has 4 rings (SSSR count). The predicted molar refractivity (Wildman–Crippen MR) is 102 cm³/mol. The Balaban J connectivity index is 1.46. The zero-order chi connectivity index (χ0) is 17.8. The molecule has 0 atom stereocenters. The molecule has 6 nitrogen and oxygen atoms in total. The summed E-state index contributed by atoms with van der Waals surface area (Å²) in [6, 6.07) is 13.3. The Bertz CT molecular complexity index is 874. The van der Waals surface area contributed by atoms with Crippen LogP contribution in [0, 0.1) is 0 Å². The van der Waals surface area contributed by atoms with Gasteiger partial charge in [0.05, 0.1) is 18.9 Å². The summed E-state index contributed by atoms with van der Waals surface area (Å²) >= 11 is 1.52. The number of carbonyl (C=O) groups is 1. The van der Waals surface area contributed by atoms with Gasteiger partial charge in [-0.2, -0.15) is 0 Å². The second-order valence-corrected chi connectivity index (χ2v) is 6.72. The summed E-state index contributed by atoms with van der Waals surface area (Å²) in [4.78, 5) is 23.2. The number of benzene rings is 1. The molecule has 3 heterocycles. The van der Waals surface area contributed by atoms with Crippen LogP contribution in [0.3, 0.4) is 0 Å². The lowest BCUT2D eigenvalue weighted by molar-refractivity contribution is 0.0303. The van der Waals surface area contributed by atoms with Crippen LogP contribution in [-0.4, -0.2) is 47.1 Å². The second kappa shape index (κ2) is 7.63. The van der Waals surface area contributed by atoms with Crippen LogP contribution >= 0.6 is 11.3 Å². The number of carbonyl (C=O) groups excluding carboxylic acids is 1. The normalized spacial score (nSPS) is 14.2. The highest BCUT2D eigenvalue weighted by Crippen LogP contribution is 2.27. The molecule has 1 aromatic carbocycles. The number of morpholine rings is 1. The predicted octanol–water partition coefficient (Wildman–Crippen LogP) is 3.42. The van der Waals surface area contributed by atoms with E-state index < -0.39 is 0 Å². The van der Waals surface area contributed by atoms with Crippen molar-refractivity contribution in [3.05, 3.63) is 59.6 Å². The smallest absolute Gasteiger partial charge is 0.254 e. The fourth-order valence-electron chi connectivity index (χ4n) is 2.74. The zero-order valence-corrected chi connectivity index (χ0v) is 14.9. The third-order valence-electron chi connectivity index (χ3n) is 4.13. The molecule has 2 aromatic heterocycles. The van der Waals surface area contributed by atoms with E-state index in [1.54, 1.807) is 6.20 Å². The SMILES string of the molecule is O=C(c1ccc(-c2csc(Nc3ccccn3)n2)cc1)N1CCOCC1. The van der Waals surface area contributed by atoms with Crippen LogP contribution in [0.25, 0.3) is 11.3 Å². The molecule has 1 aliphatic heterocycles. The third kappa shape index (κ3) is 3.74. The summed E-state index contributed by atoms with van der Waals surface area (Å²) in [7, 11) is 0. The first kappa shape index (κ1) is 16.7. The Morgan fingerprint density at radius 2 is 1.92 bits per heavy atom. The summed E-state index contributed by atoms with van der Waals surface area (Å²) in [6.45, 7) is 2.51. The molecule has 0 saturated carbocycles. The second-order valence-electron chi connectivity index (χ2n) is 5.86. The van der Waals surface area contributed by atoms with Crippen LogP contribution in [0.4, 0.5) is 10.9 Å². The van der Waals surface area contributed by atoms with E-state index in [0.717, 1.165) is 22.2 Å². The molecule has 7 heteroatoms. The quantitative estimate of drug-likeness (QED) is 0.766. The van der Waals surface area contributed by atoms with Gasteiger partial charge in [-0.1, -0.05) is 18.2 Å². The van der Waals surface area contributed by atoms with Crippen LogP contribution in [0.1, 0.15) is 10.4 Å². The summed E-state index contributed by atoms with van der Waals surface area (Å²) in [5.41, 5.74) is 2.55. The number of nitrogens with zero attached hydrogens (tertiary/aromatic N) is 3. The number of ether oxygens (including phenoxy) is 1. The molecule has 0 bridgehead atoms. The number of aromatic nitrogens is 2. The highest BCUT2D eigenvalue weighted by molar-refractivity contribution is 7.14. The van der Waals surface area contributed by atoms with E-state index in [4.69, 9.17) is 4.74 Å². The monoisotopic (exact) mass is 366 g/mol. The summed E-state index contributed by atoms with van der Waals surface area (Å²) in [5.74, 6) is 0.815. The minimum atomic E-state index is 0.0515. The standard InChI is InChI=1S/C19H18N4O2S/c24-18(23-9-11-25-12-10-23)15-6-4-14(5-7-15)16-13-26-19(21-16)22-17-3-1-2-8-20-17/h1-8,13H,9-12H2,(H,20,21,22). The van der Waals surface area contributed by atoms with Crippen molar-refractivity contribution in [3.63, 3.8) is 0 Å². The average Bonchev–Trinajstić information content (AvgIpc) is 3.17. The summed E-state index contributed by atoms with van der Waals surface area (Å²) in [5, 5.41) is 5.96. The van der Waals surface area contributed by atoms with Crippen molar-refractivity contribution in [3.8, 4) is 11.3 Å². The van der Waals surface area contributed by atoms with E-state index in [-0.39, 0.29) is 5.91 Å². The van der Waals surface area contributed by atoms with E-state index >= 15 is 0 Å². The van der Waals surface area contributed by atoms with Gasteiger partial charge in [0.2, 0.25) is 0 Å². The lowest BCUT2D eigenvalue weighted by Gasteiger charge is -2.26. The van der Waals surface area contributed by atoms with Gasteiger partial charge in [-0.15, -0.1) is 11.3 Å². The van der Waals surface area contributed by atoms with Gasteiger partial charge in [-0.3, -0.25) is 4.79 Å². The minimum absolute atomic E-state index is 0.0515. The first-order chi connectivity index (χ1) is 12.8. The van der Waals surface area contributed by atoms with Crippen LogP contribution in [0.5, 0.6) is 0 Å². The Labute approximate surface area is 155 Å². The third-order valence-corrected chi connectivity index (χ3v) is 4.89. The van der Waals surface area contributed by atoms with Crippen LogP contribution in [0.2, 0.25) is 0 Å². The van der Waals surface area contributed by atoms with Gasteiger partial charge in [0.15, 0.2) is 5.13 Å². The molecule has 1 saturated heterocycles. The molecule has 132 valence electrons. The molecule has 0 radical (unpaired) electrons. The van der Waals surface area contributed by atoms with Gasteiger partial charge in [0, 0.05) is 35.8 Å². The highest BCUT2D eigenvalue weighted by Gasteiger charge is 2.18. The lowest BCUT2D eigenvalue weighted by Crippen LogP contribution is -2.40. The van der Waals surface area contributed by atoms with Gasteiger partial charge in [0.1, 0.15) is 5.82 Å². The summed E-state index contributed by atoms with van der Waals surface area (Å²) in [6.07, 6.45) is 1.74. The maximum atomic E-state index is 12.5. The van der Waals surface area contributed by atoms with E-state index in [1.165, 1.54) is 11.3 Å².